The number of carboxylic acids is 1. The molecule has 0 aliphatic carbocycles. The number of imide groups is 1. The van der Waals surface area contributed by atoms with E-state index in [4.69, 9.17) is 23.9 Å². The van der Waals surface area contributed by atoms with Crippen LogP contribution in [0.2, 0.25) is 0 Å². The molecule has 0 saturated carbocycles. The first-order valence-corrected chi connectivity index (χ1v) is 15.6. The van der Waals surface area contributed by atoms with Crippen LogP contribution in [0.3, 0.4) is 0 Å². The summed E-state index contributed by atoms with van der Waals surface area (Å²) in [6.07, 6.45) is -0.106. The first kappa shape index (κ1) is 34.2. The minimum absolute atomic E-state index is 0.0378. The number of hydrogen-bond donors (Lipinski definition) is 1. The van der Waals surface area contributed by atoms with Gasteiger partial charge >= 0.3 is 19.7 Å². The Morgan fingerprint density at radius 1 is 1.02 bits per heavy atom. The molecule has 11 nitrogen and oxygen atoms in total. The average molecular weight is 618 g/mol. The van der Waals surface area contributed by atoms with Crippen LogP contribution in [0.15, 0.2) is 67.3 Å². The fourth-order valence-electron chi connectivity index (χ4n) is 4.32. The van der Waals surface area contributed by atoms with E-state index in [-0.39, 0.29) is 12.8 Å². The smallest absolute Gasteiger partial charge is 0.417 e. The maximum atomic E-state index is 13.8. The van der Waals surface area contributed by atoms with E-state index in [9.17, 15) is 24.1 Å². The number of allylic oxidation sites excluding steroid dienone is 1. The van der Waals surface area contributed by atoms with E-state index in [0.717, 1.165) is 4.90 Å². The molecule has 1 aliphatic heterocycles. The first-order valence-electron chi connectivity index (χ1n) is 13.8. The Morgan fingerprint density at radius 3 is 2.07 bits per heavy atom. The van der Waals surface area contributed by atoms with E-state index < -0.39 is 61.1 Å². The van der Waals surface area contributed by atoms with Crippen LogP contribution in [-0.4, -0.2) is 45.8 Å². The lowest BCUT2D eigenvalue weighted by atomic mass is 9.82. The average Bonchev–Trinajstić information content (AvgIpc) is 3.32. The third-order valence-corrected chi connectivity index (χ3v) is 7.59. The molecule has 234 valence electrons. The van der Waals surface area contributed by atoms with Crippen LogP contribution in [0.1, 0.15) is 76.6 Å². The molecular weight excluding hydrogens is 577 g/mol. The van der Waals surface area contributed by atoms with Gasteiger partial charge in [-0.05, 0) is 58.2 Å². The number of amides is 2. The van der Waals surface area contributed by atoms with Crippen molar-refractivity contribution in [1.82, 2.24) is 4.90 Å². The summed E-state index contributed by atoms with van der Waals surface area (Å²) >= 11 is 0. The molecule has 0 spiro atoms. The maximum Gasteiger partial charge on any atom is 0.417 e. The van der Waals surface area contributed by atoms with Crippen molar-refractivity contribution in [2.75, 3.05) is 6.61 Å². The Balaban J connectivity index is 1.87. The van der Waals surface area contributed by atoms with Crippen LogP contribution in [0.5, 0.6) is 0 Å². The molecule has 0 radical (unpaired) electrons. The van der Waals surface area contributed by atoms with E-state index >= 15 is 0 Å². The van der Waals surface area contributed by atoms with Gasteiger partial charge in [-0.15, -0.1) is 15.9 Å². The van der Waals surface area contributed by atoms with Crippen molar-refractivity contribution in [2.45, 2.75) is 77.3 Å². The van der Waals surface area contributed by atoms with Crippen LogP contribution >= 0.6 is 7.60 Å². The highest BCUT2D eigenvalue weighted by Crippen LogP contribution is 2.53. The maximum absolute atomic E-state index is 13.8. The molecular formula is C31H40NO10P. The van der Waals surface area contributed by atoms with Crippen LogP contribution in [0, 0.1) is 5.92 Å². The third kappa shape index (κ3) is 9.84. The van der Waals surface area contributed by atoms with Gasteiger partial charge in [0.25, 0.3) is 0 Å². The minimum Gasteiger partial charge on any atom is -0.481 e. The highest BCUT2D eigenvalue weighted by atomic mass is 31.2. The fourth-order valence-corrected chi connectivity index (χ4v) is 5.79. The molecule has 2 amide bonds. The second-order valence-electron chi connectivity index (χ2n) is 12.2. The Bertz CT molecular complexity index is 1310. The number of aliphatic carboxylic acids is 1. The van der Waals surface area contributed by atoms with Gasteiger partial charge in [0.1, 0.15) is 12.6 Å². The van der Waals surface area contributed by atoms with Crippen molar-refractivity contribution in [2.24, 2.45) is 5.92 Å². The zero-order chi connectivity index (χ0) is 32.0. The molecule has 1 heterocycles. The number of nitrogens with zero attached hydrogens (tertiary/aromatic N) is 1. The van der Waals surface area contributed by atoms with Crippen LogP contribution in [0.4, 0.5) is 4.79 Å². The molecule has 0 aromatic heterocycles. The largest absolute Gasteiger partial charge is 0.481 e. The number of benzene rings is 2. The summed E-state index contributed by atoms with van der Waals surface area (Å²) in [4.78, 5) is 50.0. The van der Waals surface area contributed by atoms with Crippen molar-refractivity contribution in [3.05, 3.63) is 83.9 Å². The van der Waals surface area contributed by atoms with E-state index in [1.54, 1.807) is 90.1 Å². The van der Waals surface area contributed by atoms with Crippen LogP contribution in [-0.2, 0) is 44.2 Å². The second kappa shape index (κ2) is 14.0. The normalized spacial score (nSPS) is 17.3. The summed E-state index contributed by atoms with van der Waals surface area (Å²) in [5.41, 5.74) is 0.257. The van der Waals surface area contributed by atoms with Crippen molar-refractivity contribution >= 4 is 25.6 Å². The first-order chi connectivity index (χ1) is 20.0. The highest BCUT2D eigenvalue weighted by molar-refractivity contribution is 7.52. The second-order valence-corrected chi connectivity index (χ2v) is 14.1. The van der Waals surface area contributed by atoms with Gasteiger partial charge in [0.2, 0.25) is 5.91 Å². The number of rotatable bonds is 13. The highest BCUT2D eigenvalue weighted by Gasteiger charge is 2.44. The summed E-state index contributed by atoms with van der Waals surface area (Å²) in [5.74, 6) is -3.82. The van der Waals surface area contributed by atoms with Crippen molar-refractivity contribution < 1.29 is 47.9 Å². The van der Waals surface area contributed by atoms with Gasteiger partial charge in [-0.2, -0.15) is 0 Å². The minimum atomic E-state index is -3.95. The number of ether oxygens (including phenoxy) is 1. The summed E-state index contributed by atoms with van der Waals surface area (Å²) in [6, 6.07) is 14.9. The Labute approximate surface area is 252 Å². The molecule has 1 N–H and O–H groups in total. The molecule has 2 aromatic carbocycles. The Morgan fingerprint density at radius 2 is 1.58 bits per heavy atom. The summed E-state index contributed by atoms with van der Waals surface area (Å²) in [6.45, 7) is 14.2. The van der Waals surface area contributed by atoms with Gasteiger partial charge in [0.15, 0.2) is 0 Å². The van der Waals surface area contributed by atoms with Gasteiger partial charge in [-0.1, -0.05) is 60.7 Å². The van der Waals surface area contributed by atoms with Gasteiger partial charge in [-0.25, -0.2) is 19.5 Å². The molecule has 0 unspecified atom stereocenters. The predicted molar refractivity (Wildman–Crippen MR) is 158 cm³/mol. The van der Waals surface area contributed by atoms with Crippen LogP contribution in [0.25, 0.3) is 0 Å². The lowest BCUT2D eigenvalue weighted by Gasteiger charge is -2.28. The molecule has 1 fully saturated rings. The number of carboxylic acid groups (broad SMARTS) is 1. The molecule has 12 heteroatoms. The molecule has 43 heavy (non-hydrogen) atoms. The topological polar surface area (TPSA) is 138 Å². The molecule has 0 bridgehead atoms. The molecule has 3 atom stereocenters. The predicted octanol–water partition coefficient (Wildman–Crippen LogP) is 6.95. The Hall–Kier alpha value is -3.34. The van der Waals surface area contributed by atoms with Gasteiger partial charge in [-0.3, -0.25) is 14.2 Å². The van der Waals surface area contributed by atoms with Crippen molar-refractivity contribution in [3.8, 4) is 0 Å². The van der Waals surface area contributed by atoms with E-state index in [0.29, 0.717) is 16.7 Å². The van der Waals surface area contributed by atoms with Gasteiger partial charge in [0.05, 0.1) is 29.7 Å². The zero-order valence-corrected chi connectivity index (χ0v) is 26.2. The van der Waals surface area contributed by atoms with E-state index in [1.807, 2.05) is 6.07 Å². The molecule has 1 saturated heterocycles. The van der Waals surface area contributed by atoms with Gasteiger partial charge in [0, 0.05) is 5.92 Å². The summed E-state index contributed by atoms with van der Waals surface area (Å²) < 4.78 is 29.2. The summed E-state index contributed by atoms with van der Waals surface area (Å²) in [5, 5.41) is 9.70. The lowest BCUT2D eigenvalue weighted by Crippen LogP contribution is -2.41. The summed E-state index contributed by atoms with van der Waals surface area (Å²) in [7, 11) is -3.95. The monoisotopic (exact) mass is 617 g/mol. The fraction of sp³-hybridized carbons (Fsp3) is 0.452. The van der Waals surface area contributed by atoms with E-state index in [1.165, 1.54) is 6.08 Å². The van der Waals surface area contributed by atoms with Gasteiger partial charge < -0.3 is 9.84 Å². The van der Waals surface area contributed by atoms with E-state index in [2.05, 4.69) is 6.58 Å². The third-order valence-electron chi connectivity index (χ3n) is 6.24. The number of carbonyl (C=O) groups is 3. The SMILES string of the molecule is C=C[C@H](c1ccc(CP(=O)(OOC(C)(C)C)OOC(C)(C)C)cc1)[C@H](CC(=O)O)C(=O)N1C(=O)OC[C@@H]1c1ccccc1. The van der Waals surface area contributed by atoms with Crippen LogP contribution < -0.4 is 0 Å². The molecule has 1 aliphatic rings. The zero-order valence-electron chi connectivity index (χ0n) is 25.3. The molecule has 2 aromatic rings. The Kier molecular flexibility index (Phi) is 11.1. The van der Waals surface area contributed by atoms with Crippen molar-refractivity contribution in [1.29, 1.82) is 0 Å². The molecule has 3 rings (SSSR count). The number of carbonyl (C=O) groups excluding carboxylic acids is 2. The van der Waals surface area contributed by atoms with Crippen molar-refractivity contribution in [3.63, 3.8) is 0 Å². The lowest BCUT2D eigenvalue weighted by molar-refractivity contribution is -0.326. The standard InChI is InChI=1S/C31H40NO10P/c1-8-24(25(18-27(33)34)28(35)32-26(19-38-29(32)36)23-12-10-9-11-13-23)22-16-14-21(15-17-22)20-43(37,41-39-30(2,3)4)42-40-31(5,6)7/h8-17,24-26H,1,18-20H2,2-7H3,(H,33,34)/t24-,25+,26-/m1/s1. The number of hydrogen-bond acceptors (Lipinski definition) is 9. The number of cyclic esters (lactones) is 1. The quantitative estimate of drug-likeness (QED) is 0.109.